The molecule has 92 valence electrons. The Balaban J connectivity index is 1.83. The number of hydrogen-bond acceptors (Lipinski definition) is 2. The Bertz CT molecular complexity index is 427. The number of carbonyl (C=O) groups excluding carboxylic acids is 1. The van der Waals surface area contributed by atoms with Gasteiger partial charge in [0.05, 0.1) is 5.69 Å². The zero-order chi connectivity index (χ0) is 12.3. The molecule has 4 nitrogen and oxygen atoms in total. The summed E-state index contributed by atoms with van der Waals surface area (Å²) >= 11 is 3.20. The van der Waals surface area contributed by atoms with Crippen molar-refractivity contribution in [3.63, 3.8) is 0 Å². The number of carbonyl (C=O) groups is 1. The van der Waals surface area contributed by atoms with Gasteiger partial charge >= 0.3 is 6.03 Å². The van der Waals surface area contributed by atoms with Crippen LogP contribution in [-0.4, -0.2) is 37.1 Å². The van der Waals surface area contributed by atoms with E-state index in [0.29, 0.717) is 36.3 Å². The van der Waals surface area contributed by atoms with Crippen LogP contribution in [0.1, 0.15) is 0 Å². The molecule has 0 saturated carbocycles. The summed E-state index contributed by atoms with van der Waals surface area (Å²) in [7, 11) is 0. The number of benzene rings is 1. The summed E-state index contributed by atoms with van der Waals surface area (Å²) in [5.74, 6) is -0.301. The van der Waals surface area contributed by atoms with Crippen molar-refractivity contribution in [2.24, 2.45) is 0 Å². The van der Waals surface area contributed by atoms with Gasteiger partial charge in [0, 0.05) is 30.7 Å². The van der Waals surface area contributed by atoms with E-state index in [1.807, 2.05) is 0 Å². The normalized spacial score (nSPS) is 14.9. The topological polar surface area (TPSA) is 44.4 Å². The predicted octanol–water partition coefficient (Wildman–Crippen LogP) is 2.03. The van der Waals surface area contributed by atoms with E-state index in [-0.39, 0.29) is 11.8 Å². The molecule has 1 aromatic rings. The summed E-state index contributed by atoms with van der Waals surface area (Å²) in [5.41, 5.74) is 0.452. The summed E-state index contributed by atoms with van der Waals surface area (Å²) in [6, 6.07) is 4.80. The summed E-state index contributed by atoms with van der Waals surface area (Å²) in [5, 5.41) is 5.69. The van der Waals surface area contributed by atoms with Crippen LogP contribution in [0, 0.1) is 5.82 Å². The number of anilines is 1. The molecule has 1 heterocycles. The van der Waals surface area contributed by atoms with Crippen molar-refractivity contribution < 1.29 is 9.18 Å². The number of nitrogens with one attached hydrogen (secondary N) is 2. The molecular weight excluding hydrogens is 289 g/mol. The minimum Gasteiger partial charge on any atom is -0.381 e. The molecule has 2 amide bonds. The van der Waals surface area contributed by atoms with Crippen LogP contribution in [-0.2, 0) is 0 Å². The van der Waals surface area contributed by atoms with Gasteiger partial charge in [-0.2, -0.15) is 0 Å². The van der Waals surface area contributed by atoms with E-state index in [1.165, 1.54) is 6.07 Å². The molecule has 0 atom stereocenters. The first-order valence-electron chi connectivity index (χ1n) is 5.38. The van der Waals surface area contributed by atoms with Gasteiger partial charge in [0.2, 0.25) is 0 Å². The van der Waals surface area contributed by atoms with Gasteiger partial charge in [-0.15, -0.1) is 0 Å². The quantitative estimate of drug-likeness (QED) is 0.894. The van der Waals surface area contributed by atoms with Gasteiger partial charge in [-0.05, 0) is 18.2 Å². The second kappa shape index (κ2) is 5.35. The highest BCUT2D eigenvalue weighted by molar-refractivity contribution is 9.10. The monoisotopic (exact) mass is 301 g/mol. The molecule has 0 unspecified atom stereocenters. The first kappa shape index (κ1) is 12.2. The second-order valence-corrected chi connectivity index (χ2v) is 4.69. The van der Waals surface area contributed by atoms with Crippen LogP contribution in [0.15, 0.2) is 22.7 Å². The van der Waals surface area contributed by atoms with E-state index in [4.69, 9.17) is 0 Å². The maximum absolute atomic E-state index is 13.4. The molecule has 1 aliphatic heterocycles. The van der Waals surface area contributed by atoms with Gasteiger partial charge < -0.3 is 15.5 Å². The molecule has 2 rings (SSSR count). The maximum Gasteiger partial charge on any atom is 0.317 e. The lowest BCUT2D eigenvalue weighted by molar-refractivity contribution is 0.219. The Labute approximate surface area is 107 Å². The van der Waals surface area contributed by atoms with Crippen LogP contribution in [0.2, 0.25) is 0 Å². The molecular formula is C11H13BrFN3O. The Morgan fingerprint density at radius 3 is 3.00 bits per heavy atom. The zero-order valence-corrected chi connectivity index (χ0v) is 10.8. The third kappa shape index (κ3) is 3.09. The lowest BCUT2D eigenvalue weighted by Crippen LogP contribution is -2.32. The summed E-state index contributed by atoms with van der Waals surface area (Å²) < 4.78 is 14.2. The van der Waals surface area contributed by atoms with Crippen LogP contribution >= 0.6 is 15.9 Å². The fourth-order valence-corrected chi connectivity index (χ4v) is 2.02. The molecule has 0 radical (unpaired) electrons. The number of nitrogens with zero attached hydrogens (tertiary/aromatic N) is 1. The van der Waals surface area contributed by atoms with E-state index in [1.54, 1.807) is 17.0 Å². The van der Waals surface area contributed by atoms with Gasteiger partial charge in [-0.25, -0.2) is 9.18 Å². The Kier molecular flexibility index (Phi) is 3.83. The molecule has 1 fully saturated rings. The summed E-state index contributed by atoms with van der Waals surface area (Å²) in [6.45, 7) is 2.50. The van der Waals surface area contributed by atoms with Crippen LogP contribution in [0.3, 0.4) is 0 Å². The molecule has 0 spiro atoms. The standard InChI is InChI=1S/C11H13BrFN3O/c12-8-1-2-10(9(13)7-8)14-3-5-16-6-4-15-11(16)17/h1-2,7,14H,3-6H2,(H,15,17). The molecule has 1 aromatic carbocycles. The van der Waals surface area contributed by atoms with Gasteiger partial charge in [0.25, 0.3) is 0 Å². The third-order valence-corrected chi connectivity index (χ3v) is 3.07. The molecule has 0 aromatic heterocycles. The van der Waals surface area contributed by atoms with Crippen molar-refractivity contribution in [3.05, 3.63) is 28.5 Å². The third-order valence-electron chi connectivity index (χ3n) is 2.57. The van der Waals surface area contributed by atoms with Crippen molar-refractivity contribution in [1.29, 1.82) is 0 Å². The molecule has 6 heteroatoms. The van der Waals surface area contributed by atoms with Gasteiger partial charge in [0.1, 0.15) is 5.82 Å². The van der Waals surface area contributed by atoms with E-state index in [0.717, 1.165) is 0 Å². The molecule has 2 N–H and O–H groups in total. The first-order chi connectivity index (χ1) is 8.16. The maximum atomic E-state index is 13.4. The molecule has 0 bridgehead atoms. The smallest absolute Gasteiger partial charge is 0.317 e. The lowest BCUT2D eigenvalue weighted by atomic mass is 10.3. The molecule has 1 saturated heterocycles. The predicted molar refractivity (Wildman–Crippen MR) is 67.6 cm³/mol. The minimum atomic E-state index is -0.301. The number of rotatable bonds is 4. The lowest BCUT2D eigenvalue weighted by Gasteiger charge is -2.15. The molecule has 0 aliphatic carbocycles. The van der Waals surface area contributed by atoms with Crippen LogP contribution in [0.5, 0.6) is 0 Å². The van der Waals surface area contributed by atoms with Crippen molar-refractivity contribution in [3.8, 4) is 0 Å². The van der Waals surface area contributed by atoms with Crippen LogP contribution in [0.4, 0.5) is 14.9 Å². The average molecular weight is 302 g/mol. The molecule has 1 aliphatic rings. The fourth-order valence-electron chi connectivity index (χ4n) is 1.68. The summed E-state index contributed by atoms with van der Waals surface area (Å²) in [4.78, 5) is 12.9. The number of hydrogen-bond donors (Lipinski definition) is 2. The minimum absolute atomic E-state index is 0.0527. The average Bonchev–Trinajstić information content (AvgIpc) is 2.68. The van der Waals surface area contributed by atoms with E-state index in [9.17, 15) is 9.18 Å². The van der Waals surface area contributed by atoms with Gasteiger partial charge in [-0.3, -0.25) is 0 Å². The Morgan fingerprint density at radius 1 is 1.53 bits per heavy atom. The highest BCUT2D eigenvalue weighted by atomic mass is 79.9. The highest BCUT2D eigenvalue weighted by Crippen LogP contribution is 2.18. The second-order valence-electron chi connectivity index (χ2n) is 3.77. The van der Waals surface area contributed by atoms with Crippen molar-refractivity contribution in [2.45, 2.75) is 0 Å². The number of urea groups is 1. The fraction of sp³-hybridized carbons (Fsp3) is 0.364. The van der Waals surface area contributed by atoms with Crippen LogP contribution in [0.25, 0.3) is 0 Å². The highest BCUT2D eigenvalue weighted by Gasteiger charge is 2.18. The summed E-state index contributed by atoms with van der Waals surface area (Å²) in [6.07, 6.45) is 0. The zero-order valence-electron chi connectivity index (χ0n) is 9.17. The Hall–Kier alpha value is -1.30. The van der Waals surface area contributed by atoms with Crippen molar-refractivity contribution >= 4 is 27.6 Å². The first-order valence-corrected chi connectivity index (χ1v) is 6.18. The number of halogens is 2. The van der Waals surface area contributed by atoms with Crippen molar-refractivity contribution in [1.82, 2.24) is 10.2 Å². The Morgan fingerprint density at radius 2 is 2.35 bits per heavy atom. The largest absolute Gasteiger partial charge is 0.381 e. The van der Waals surface area contributed by atoms with E-state index in [2.05, 4.69) is 26.6 Å². The number of amides is 2. The van der Waals surface area contributed by atoms with Crippen LogP contribution < -0.4 is 10.6 Å². The molecule has 17 heavy (non-hydrogen) atoms. The van der Waals surface area contributed by atoms with E-state index >= 15 is 0 Å². The van der Waals surface area contributed by atoms with Crippen molar-refractivity contribution in [2.75, 3.05) is 31.5 Å². The SMILES string of the molecule is O=C1NCCN1CCNc1ccc(Br)cc1F. The van der Waals surface area contributed by atoms with Gasteiger partial charge in [-0.1, -0.05) is 15.9 Å². The van der Waals surface area contributed by atoms with E-state index < -0.39 is 0 Å². The van der Waals surface area contributed by atoms with Gasteiger partial charge in [0.15, 0.2) is 0 Å².